The molecule has 0 unspecified atom stereocenters. The molecule has 0 aliphatic carbocycles. The average molecular weight is 264 g/mol. The van der Waals surface area contributed by atoms with E-state index in [2.05, 4.69) is 20.2 Å². The highest BCUT2D eigenvalue weighted by Gasteiger charge is 2.10. The molecular formula is C14H12N6. The fraction of sp³-hybridized carbons (Fsp3) is 0.0714. The Labute approximate surface area is 114 Å². The van der Waals surface area contributed by atoms with Gasteiger partial charge in [0.1, 0.15) is 5.69 Å². The summed E-state index contributed by atoms with van der Waals surface area (Å²) in [5.41, 5.74) is 4.79. The number of hydrogen-bond donors (Lipinski definition) is 1. The monoisotopic (exact) mass is 264 g/mol. The number of aryl methyl sites for hydroxylation is 1. The standard InChI is InChI=1S/C14H12N6/c1-10-3-5-19-14(18-10)13(8-17-19)20-9-12(7-16-20)11-2-4-15-6-11/h2-9,15H,1H3. The normalized spacial score (nSPS) is 11.2. The minimum absolute atomic E-state index is 0.800. The van der Waals surface area contributed by atoms with Gasteiger partial charge in [-0.25, -0.2) is 14.2 Å². The average Bonchev–Trinajstić information content (AvgIpc) is 3.17. The van der Waals surface area contributed by atoms with Crippen molar-refractivity contribution in [3.05, 3.63) is 55.0 Å². The zero-order valence-corrected chi connectivity index (χ0v) is 10.9. The van der Waals surface area contributed by atoms with Crippen molar-refractivity contribution in [3.8, 4) is 16.8 Å². The Kier molecular flexibility index (Phi) is 2.23. The van der Waals surface area contributed by atoms with Gasteiger partial charge >= 0.3 is 0 Å². The van der Waals surface area contributed by atoms with Crippen molar-refractivity contribution >= 4 is 5.65 Å². The summed E-state index contributed by atoms with van der Waals surface area (Å²) in [5.74, 6) is 0. The molecule has 0 bridgehead atoms. The summed E-state index contributed by atoms with van der Waals surface area (Å²) >= 11 is 0. The van der Waals surface area contributed by atoms with E-state index in [1.807, 2.05) is 50.0 Å². The molecular weight excluding hydrogens is 252 g/mol. The molecule has 0 spiro atoms. The van der Waals surface area contributed by atoms with Gasteiger partial charge in [0.15, 0.2) is 5.65 Å². The fourth-order valence-corrected chi connectivity index (χ4v) is 2.22. The first-order chi connectivity index (χ1) is 9.81. The Morgan fingerprint density at radius 1 is 1.10 bits per heavy atom. The van der Waals surface area contributed by atoms with Crippen LogP contribution in [0.2, 0.25) is 0 Å². The fourth-order valence-electron chi connectivity index (χ4n) is 2.22. The summed E-state index contributed by atoms with van der Waals surface area (Å²) < 4.78 is 3.55. The molecule has 6 heteroatoms. The van der Waals surface area contributed by atoms with Crippen LogP contribution in [0.4, 0.5) is 0 Å². The van der Waals surface area contributed by atoms with Gasteiger partial charge in [-0.1, -0.05) is 0 Å². The van der Waals surface area contributed by atoms with Crippen molar-refractivity contribution in [2.75, 3.05) is 0 Å². The van der Waals surface area contributed by atoms with Gasteiger partial charge in [-0.3, -0.25) is 0 Å². The van der Waals surface area contributed by atoms with E-state index in [0.29, 0.717) is 0 Å². The summed E-state index contributed by atoms with van der Waals surface area (Å²) in [4.78, 5) is 7.56. The maximum Gasteiger partial charge on any atom is 0.181 e. The van der Waals surface area contributed by atoms with Crippen LogP contribution < -0.4 is 0 Å². The molecule has 4 aromatic heterocycles. The molecule has 0 aliphatic rings. The highest BCUT2D eigenvalue weighted by atomic mass is 15.3. The van der Waals surface area contributed by atoms with Crippen molar-refractivity contribution in [1.29, 1.82) is 0 Å². The van der Waals surface area contributed by atoms with E-state index >= 15 is 0 Å². The van der Waals surface area contributed by atoms with E-state index in [-0.39, 0.29) is 0 Å². The largest absolute Gasteiger partial charge is 0.367 e. The van der Waals surface area contributed by atoms with Gasteiger partial charge in [0, 0.05) is 41.6 Å². The molecule has 4 rings (SSSR count). The summed E-state index contributed by atoms with van der Waals surface area (Å²) in [7, 11) is 0. The van der Waals surface area contributed by atoms with Gasteiger partial charge in [0.2, 0.25) is 0 Å². The van der Waals surface area contributed by atoms with Gasteiger partial charge < -0.3 is 4.98 Å². The third kappa shape index (κ3) is 1.62. The zero-order valence-electron chi connectivity index (χ0n) is 10.9. The third-order valence-corrected chi connectivity index (χ3v) is 3.25. The van der Waals surface area contributed by atoms with Crippen LogP contribution in [0.5, 0.6) is 0 Å². The molecule has 0 aromatic carbocycles. The van der Waals surface area contributed by atoms with E-state index in [0.717, 1.165) is 28.2 Å². The quantitative estimate of drug-likeness (QED) is 0.603. The predicted molar refractivity (Wildman–Crippen MR) is 74.6 cm³/mol. The van der Waals surface area contributed by atoms with Crippen LogP contribution in [-0.2, 0) is 0 Å². The molecule has 0 fully saturated rings. The van der Waals surface area contributed by atoms with Crippen LogP contribution in [0.25, 0.3) is 22.5 Å². The SMILES string of the molecule is Cc1ccn2ncc(-n3cc(-c4cc[nH]c4)cn3)c2n1. The van der Waals surface area contributed by atoms with Crippen LogP contribution in [0.3, 0.4) is 0 Å². The zero-order chi connectivity index (χ0) is 13.5. The van der Waals surface area contributed by atoms with Gasteiger partial charge in [-0.2, -0.15) is 10.2 Å². The second-order valence-corrected chi connectivity index (χ2v) is 4.64. The van der Waals surface area contributed by atoms with Crippen LogP contribution >= 0.6 is 0 Å². The number of aromatic amines is 1. The van der Waals surface area contributed by atoms with Gasteiger partial charge in [0.05, 0.1) is 12.4 Å². The molecule has 20 heavy (non-hydrogen) atoms. The van der Waals surface area contributed by atoms with Gasteiger partial charge in [0.25, 0.3) is 0 Å². The molecule has 0 atom stereocenters. The highest BCUT2D eigenvalue weighted by Crippen LogP contribution is 2.20. The Morgan fingerprint density at radius 2 is 2.05 bits per heavy atom. The molecule has 6 nitrogen and oxygen atoms in total. The van der Waals surface area contributed by atoms with Crippen LogP contribution in [-0.4, -0.2) is 29.4 Å². The Bertz CT molecular complexity index is 868. The minimum atomic E-state index is 0.800. The van der Waals surface area contributed by atoms with E-state index in [1.54, 1.807) is 15.4 Å². The lowest BCUT2D eigenvalue weighted by Gasteiger charge is -1.98. The second kappa shape index (κ2) is 4.06. The summed E-state index contributed by atoms with van der Waals surface area (Å²) in [6.45, 7) is 1.96. The number of fused-ring (bicyclic) bond motifs is 1. The van der Waals surface area contributed by atoms with Crippen molar-refractivity contribution in [3.63, 3.8) is 0 Å². The Morgan fingerprint density at radius 3 is 2.90 bits per heavy atom. The first kappa shape index (κ1) is 11.0. The third-order valence-electron chi connectivity index (χ3n) is 3.25. The molecule has 0 saturated carbocycles. The molecule has 0 amide bonds. The van der Waals surface area contributed by atoms with Crippen LogP contribution in [0, 0.1) is 6.92 Å². The number of rotatable bonds is 2. The minimum Gasteiger partial charge on any atom is -0.367 e. The van der Waals surface area contributed by atoms with Crippen LogP contribution in [0.1, 0.15) is 5.69 Å². The lowest BCUT2D eigenvalue weighted by Crippen LogP contribution is -1.96. The van der Waals surface area contributed by atoms with E-state index < -0.39 is 0 Å². The molecule has 0 saturated heterocycles. The molecule has 1 N–H and O–H groups in total. The van der Waals surface area contributed by atoms with Crippen molar-refractivity contribution in [1.82, 2.24) is 29.4 Å². The van der Waals surface area contributed by atoms with E-state index in [4.69, 9.17) is 0 Å². The first-order valence-electron chi connectivity index (χ1n) is 6.30. The number of nitrogens with one attached hydrogen (secondary N) is 1. The number of hydrogen-bond acceptors (Lipinski definition) is 3. The first-order valence-corrected chi connectivity index (χ1v) is 6.30. The summed E-state index contributed by atoms with van der Waals surface area (Å²) in [6, 6.07) is 3.94. The molecule has 4 heterocycles. The van der Waals surface area contributed by atoms with Crippen molar-refractivity contribution in [2.24, 2.45) is 0 Å². The van der Waals surface area contributed by atoms with E-state index in [1.165, 1.54) is 0 Å². The molecule has 0 radical (unpaired) electrons. The highest BCUT2D eigenvalue weighted by molar-refractivity contribution is 5.63. The number of aromatic nitrogens is 6. The second-order valence-electron chi connectivity index (χ2n) is 4.64. The molecule has 4 aromatic rings. The Balaban J connectivity index is 1.85. The lowest BCUT2D eigenvalue weighted by molar-refractivity contribution is 0.883. The van der Waals surface area contributed by atoms with Crippen molar-refractivity contribution < 1.29 is 0 Å². The summed E-state index contributed by atoms with van der Waals surface area (Å²) in [6.07, 6.45) is 11.3. The van der Waals surface area contributed by atoms with Crippen LogP contribution in [0.15, 0.2) is 49.3 Å². The maximum absolute atomic E-state index is 4.52. The maximum atomic E-state index is 4.52. The predicted octanol–water partition coefficient (Wildman–Crippen LogP) is 2.22. The number of H-pyrrole nitrogens is 1. The molecule has 98 valence electrons. The summed E-state index contributed by atoms with van der Waals surface area (Å²) in [5, 5.41) is 8.70. The molecule has 0 aliphatic heterocycles. The number of nitrogens with zero attached hydrogens (tertiary/aromatic N) is 5. The Hall–Kier alpha value is -2.89. The van der Waals surface area contributed by atoms with Crippen molar-refractivity contribution in [2.45, 2.75) is 6.92 Å². The van der Waals surface area contributed by atoms with Gasteiger partial charge in [-0.05, 0) is 19.1 Å². The smallest absolute Gasteiger partial charge is 0.181 e. The topological polar surface area (TPSA) is 63.8 Å². The lowest BCUT2D eigenvalue weighted by atomic mass is 10.2. The van der Waals surface area contributed by atoms with Gasteiger partial charge in [-0.15, -0.1) is 0 Å². The van der Waals surface area contributed by atoms with E-state index in [9.17, 15) is 0 Å².